The normalized spacial score (nSPS) is 31.8. The largest absolute Gasteiger partial charge is 0.463 e. The van der Waals surface area contributed by atoms with Gasteiger partial charge in [0, 0.05) is 15.8 Å². The first-order chi connectivity index (χ1) is 15.2. The molecule has 1 aromatic rings. The number of carbonyl (C=O) groups is 1. The van der Waals surface area contributed by atoms with Gasteiger partial charge in [-0.3, -0.25) is 4.79 Å². The van der Waals surface area contributed by atoms with E-state index in [1.165, 1.54) is 28.4 Å². The van der Waals surface area contributed by atoms with Gasteiger partial charge in [-0.15, -0.1) is 0 Å². The van der Waals surface area contributed by atoms with Crippen LogP contribution in [0.4, 0.5) is 5.69 Å². The van der Waals surface area contributed by atoms with Crippen molar-refractivity contribution in [3.05, 3.63) is 51.1 Å². The van der Waals surface area contributed by atoms with E-state index in [2.05, 4.69) is 92.0 Å². The quantitative estimate of drug-likeness (QED) is 0.230. The molecule has 0 aromatic heterocycles. The number of halogens is 1. The Morgan fingerprint density at radius 2 is 1.97 bits per heavy atom. The standard InChI is InChI=1S/C28H38INO2/c1-19(2)20-6-12-24-21(18-20)7-13-25-27(24,3)14-5-15-28(25,4)26(31)32-17-16-30-23-10-8-22(29)9-11-23/h7-11,18-19,24-25,30H,5-6,12-17H2,1-4H3/t24-,25+,27+,28+/m0/s1. The molecule has 0 saturated heterocycles. The summed E-state index contributed by atoms with van der Waals surface area (Å²) in [5.74, 6) is 1.58. The van der Waals surface area contributed by atoms with Gasteiger partial charge in [0.2, 0.25) is 0 Å². The van der Waals surface area contributed by atoms with Crippen molar-refractivity contribution in [1.82, 2.24) is 0 Å². The molecule has 1 saturated carbocycles. The van der Waals surface area contributed by atoms with Crippen molar-refractivity contribution in [2.24, 2.45) is 28.6 Å². The van der Waals surface area contributed by atoms with E-state index in [9.17, 15) is 4.79 Å². The third-order valence-corrected chi connectivity index (χ3v) is 9.27. The Morgan fingerprint density at radius 3 is 2.69 bits per heavy atom. The first-order valence-corrected chi connectivity index (χ1v) is 13.4. The van der Waals surface area contributed by atoms with E-state index < -0.39 is 0 Å². The lowest BCUT2D eigenvalue weighted by Crippen LogP contribution is -2.53. The number of rotatable bonds is 6. The monoisotopic (exact) mass is 547 g/mol. The molecule has 0 heterocycles. The minimum Gasteiger partial charge on any atom is -0.463 e. The van der Waals surface area contributed by atoms with Crippen molar-refractivity contribution in [2.45, 2.75) is 66.2 Å². The van der Waals surface area contributed by atoms with Crippen molar-refractivity contribution in [2.75, 3.05) is 18.5 Å². The second kappa shape index (κ2) is 9.52. The van der Waals surface area contributed by atoms with E-state index in [1.807, 2.05) is 0 Å². The maximum absolute atomic E-state index is 13.4. The molecule has 1 fully saturated rings. The van der Waals surface area contributed by atoms with E-state index >= 15 is 0 Å². The summed E-state index contributed by atoms with van der Waals surface area (Å²) >= 11 is 2.30. The number of hydrogen-bond acceptors (Lipinski definition) is 3. The Labute approximate surface area is 207 Å². The van der Waals surface area contributed by atoms with Crippen LogP contribution >= 0.6 is 22.6 Å². The predicted molar refractivity (Wildman–Crippen MR) is 141 cm³/mol. The zero-order valence-electron chi connectivity index (χ0n) is 20.0. The van der Waals surface area contributed by atoms with Crippen LogP contribution in [0.15, 0.2) is 47.6 Å². The maximum atomic E-state index is 13.4. The third-order valence-electron chi connectivity index (χ3n) is 8.55. The van der Waals surface area contributed by atoms with Crippen molar-refractivity contribution in [3.8, 4) is 0 Å². The summed E-state index contributed by atoms with van der Waals surface area (Å²) in [6, 6.07) is 8.28. The van der Waals surface area contributed by atoms with Crippen LogP contribution in [-0.4, -0.2) is 19.1 Å². The molecule has 4 rings (SSSR count). The summed E-state index contributed by atoms with van der Waals surface area (Å²) in [5.41, 5.74) is 3.99. The first kappa shape index (κ1) is 23.8. The van der Waals surface area contributed by atoms with E-state index in [1.54, 1.807) is 5.57 Å². The van der Waals surface area contributed by atoms with Gasteiger partial charge in [-0.25, -0.2) is 0 Å². The van der Waals surface area contributed by atoms with Gasteiger partial charge in [0.25, 0.3) is 0 Å². The van der Waals surface area contributed by atoms with Gasteiger partial charge in [0.15, 0.2) is 0 Å². The number of carbonyl (C=O) groups excluding carboxylic acids is 1. The second-order valence-electron chi connectivity index (χ2n) is 10.8. The third kappa shape index (κ3) is 4.53. The van der Waals surface area contributed by atoms with Crippen LogP contribution in [0.2, 0.25) is 0 Å². The van der Waals surface area contributed by atoms with Crippen LogP contribution in [0.1, 0.15) is 66.2 Å². The number of benzene rings is 1. The van der Waals surface area contributed by atoms with Crippen LogP contribution in [0.25, 0.3) is 0 Å². The number of esters is 1. The lowest BCUT2D eigenvalue weighted by atomic mass is 9.47. The van der Waals surface area contributed by atoms with Gasteiger partial charge < -0.3 is 10.1 Å². The van der Waals surface area contributed by atoms with Crippen LogP contribution < -0.4 is 5.32 Å². The number of allylic oxidation sites excluding steroid dienone is 4. The molecule has 4 heteroatoms. The Balaban J connectivity index is 1.43. The van der Waals surface area contributed by atoms with Crippen LogP contribution in [-0.2, 0) is 9.53 Å². The van der Waals surface area contributed by atoms with Gasteiger partial charge in [0.1, 0.15) is 6.61 Å². The fourth-order valence-corrected chi connectivity index (χ4v) is 7.02. The average molecular weight is 548 g/mol. The van der Waals surface area contributed by atoms with E-state index in [4.69, 9.17) is 4.74 Å². The molecule has 0 unspecified atom stereocenters. The molecule has 0 aliphatic heterocycles. The fraction of sp³-hybridized carbons (Fsp3) is 0.607. The molecule has 0 bridgehead atoms. The van der Waals surface area contributed by atoms with Gasteiger partial charge in [0.05, 0.1) is 5.41 Å². The minimum absolute atomic E-state index is 0.00362. The Hall–Kier alpha value is -1.30. The number of fused-ring (bicyclic) bond motifs is 3. The summed E-state index contributed by atoms with van der Waals surface area (Å²) < 4.78 is 7.09. The predicted octanol–water partition coefficient (Wildman–Crippen LogP) is 7.38. The lowest BCUT2D eigenvalue weighted by molar-refractivity contribution is -0.169. The van der Waals surface area contributed by atoms with Crippen molar-refractivity contribution < 1.29 is 9.53 Å². The van der Waals surface area contributed by atoms with Crippen molar-refractivity contribution in [3.63, 3.8) is 0 Å². The number of nitrogens with one attached hydrogen (secondary N) is 1. The molecule has 32 heavy (non-hydrogen) atoms. The maximum Gasteiger partial charge on any atom is 0.312 e. The lowest BCUT2D eigenvalue weighted by Gasteiger charge is -2.57. The fourth-order valence-electron chi connectivity index (χ4n) is 6.66. The number of anilines is 1. The highest BCUT2D eigenvalue weighted by molar-refractivity contribution is 14.1. The van der Waals surface area contributed by atoms with Crippen LogP contribution in [0.5, 0.6) is 0 Å². The summed E-state index contributed by atoms with van der Waals surface area (Å²) in [6.45, 7) is 10.3. The smallest absolute Gasteiger partial charge is 0.312 e. The van der Waals surface area contributed by atoms with E-state index in [0.717, 1.165) is 24.9 Å². The van der Waals surface area contributed by atoms with Gasteiger partial charge in [-0.05, 0) is 115 Å². The average Bonchev–Trinajstić information content (AvgIpc) is 2.77. The molecule has 0 amide bonds. The zero-order valence-corrected chi connectivity index (χ0v) is 22.2. The van der Waals surface area contributed by atoms with Crippen LogP contribution in [0, 0.1) is 32.2 Å². The summed E-state index contributed by atoms with van der Waals surface area (Å²) in [6.07, 6.45) is 11.7. The summed E-state index contributed by atoms with van der Waals surface area (Å²) in [7, 11) is 0. The van der Waals surface area contributed by atoms with E-state index in [-0.39, 0.29) is 16.8 Å². The molecule has 1 N–H and O–H groups in total. The summed E-state index contributed by atoms with van der Waals surface area (Å²) in [4.78, 5) is 13.4. The van der Waals surface area contributed by atoms with Gasteiger partial charge >= 0.3 is 5.97 Å². The SMILES string of the molecule is CC(C)C1=CC2=CC[C@@H]3[C@](C)(CCC[C@@]3(C)C(=O)OCCNc3ccc(I)cc3)[C@H]2CC1. The molecule has 3 nitrogen and oxygen atoms in total. The Morgan fingerprint density at radius 1 is 1.22 bits per heavy atom. The molecule has 3 aliphatic rings. The van der Waals surface area contributed by atoms with Crippen molar-refractivity contribution in [1.29, 1.82) is 0 Å². The highest BCUT2D eigenvalue weighted by Crippen LogP contribution is 2.62. The zero-order chi connectivity index (χ0) is 22.9. The van der Waals surface area contributed by atoms with Crippen molar-refractivity contribution >= 4 is 34.2 Å². The van der Waals surface area contributed by atoms with Gasteiger partial charge in [-0.2, -0.15) is 0 Å². The molecule has 0 spiro atoms. The summed E-state index contributed by atoms with van der Waals surface area (Å²) in [5, 5.41) is 3.36. The molecule has 174 valence electrons. The topological polar surface area (TPSA) is 38.3 Å². The highest BCUT2D eigenvalue weighted by Gasteiger charge is 2.57. The van der Waals surface area contributed by atoms with Crippen LogP contribution in [0.3, 0.4) is 0 Å². The minimum atomic E-state index is -0.389. The molecular weight excluding hydrogens is 509 g/mol. The number of hydrogen-bond donors (Lipinski definition) is 1. The molecule has 1 aromatic carbocycles. The van der Waals surface area contributed by atoms with Gasteiger partial charge in [-0.1, -0.05) is 44.9 Å². The highest BCUT2D eigenvalue weighted by atomic mass is 127. The second-order valence-corrected chi connectivity index (χ2v) is 12.0. The first-order valence-electron chi connectivity index (χ1n) is 12.3. The molecule has 4 atom stereocenters. The number of ether oxygens (including phenoxy) is 1. The molecule has 3 aliphatic carbocycles. The Bertz CT molecular complexity index is 903. The Kier molecular flexibility index (Phi) is 7.09. The molecular formula is C28H38INO2. The van der Waals surface area contributed by atoms with E-state index in [0.29, 0.717) is 30.9 Å². The molecule has 0 radical (unpaired) electrons.